The van der Waals surface area contributed by atoms with Crippen LogP contribution in [-0.2, 0) is 33.2 Å². The number of amides is 1. The molecule has 2 aromatic carbocycles. The Morgan fingerprint density at radius 2 is 1.95 bits per heavy atom. The third-order valence-corrected chi connectivity index (χ3v) is 11.0. The lowest BCUT2D eigenvalue weighted by atomic mass is 10.1. The van der Waals surface area contributed by atoms with Crippen molar-refractivity contribution >= 4 is 65.2 Å². The molecule has 2 aromatic heterocycles. The summed E-state index contributed by atoms with van der Waals surface area (Å²) in [5, 5.41) is 0.975. The number of carbonyl (C=O) groups is 1. The number of fused-ring (bicyclic) bond motifs is 2. The molecule has 1 aliphatic carbocycles. The molecular weight excluding hydrogens is 574 g/mol. The zero-order chi connectivity index (χ0) is 28.2. The highest BCUT2D eigenvalue weighted by atomic mass is 35.5. The summed E-state index contributed by atoms with van der Waals surface area (Å²) in [7, 11) is -7.91. The van der Waals surface area contributed by atoms with E-state index < -0.39 is 31.4 Å². The first-order valence-electron chi connectivity index (χ1n) is 13.1. The van der Waals surface area contributed by atoms with E-state index in [1.54, 1.807) is 4.57 Å². The SMILES string of the molecule is CCc1ccc2c(c1)c(N1CCCNS1(=O)=O)c(C(=O)NS(=O)(=O)C1CC1)n2Cc1cc2ccccc2nc1Cl. The van der Waals surface area contributed by atoms with E-state index in [2.05, 4.69) is 14.4 Å². The van der Waals surface area contributed by atoms with Crippen molar-refractivity contribution in [1.82, 2.24) is 19.0 Å². The van der Waals surface area contributed by atoms with E-state index in [0.29, 0.717) is 47.7 Å². The normalized spacial score (nSPS) is 17.4. The summed E-state index contributed by atoms with van der Waals surface area (Å²) in [4.78, 5) is 18.4. The Morgan fingerprint density at radius 3 is 2.67 bits per heavy atom. The molecule has 3 heterocycles. The Kier molecular flexibility index (Phi) is 6.76. The Balaban J connectivity index is 1.61. The van der Waals surface area contributed by atoms with E-state index in [4.69, 9.17) is 11.6 Å². The maximum Gasteiger partial charge on any atom is 0.301 e. The zero-order valence-corrected chi connectivity index (χ0v) is 24.1. The Bertz CT molecular complexity index is 1880. The topological polar surface area (TPSA) is 130 Å². The van der Waals surface area contributed by atoms with Crippen LogP contribution in [0.5, 0.6) is 0 Å². The van der Waals surface area contributed by atoms with Gasteiger partial charge in [-0.15, -0.1) is 0 Å². The second-order valence-corrected chi connectivity index (χ2v) is 14.1. The van der Waals surface area contributed by atoms with Crippen LogP contribution >= 0.6 is 11.6 Å². The quantitative estimate of drug-likeness (QED) is 0.311. The predicted molar refractivity (Wildman–Crippen MR) is 155 cm³/mol. The molecule has 2 N–H and O–H groups in total. The molecule has 13 heteroatoms. The second-order valence-electron chi connectivity index (χ2n) is 10.1. The number of pyridine rings is 1. The van der Waals surface area contributed by atoms with Crippen LogP contribution in [0.3, 0.4) is 0 Å². The average Bonchev–Trinajstić information content (AvgIpc) is 3.73. The zero-order valence-electron chi connectivity index (χ0n) is 21.7. The van der Waals surface area contributed by atoms with Gasteiger partial charge in [0.25, 0.3) is 5.91 Å². The lowest BCUT2D eigenvalue weighted by Crippen LogP contribution is -2.48. The number of hydrogen-bond acceptors (Lipinski definition) is 6. The lowest BCUT2D eigenvalue weighted by Gasteiger charge is -2.29. The molecule has 40 heavy (non-hydrogen) atoms. The minimum Gasteiger partial charge on any atom is -0.330 e. The first-order valence-corrected chi connectivity index (χ1v) is 16.5. The standard InChI is InChI=1S/C27H28ClN5O5S2/c1-2-17-8-11-23-21(14-17)24(33-13-5-12-29-40(33,37)38)25(27(34)31-39(35,36)20-9-10-20)32(23)16-19-15-18-6-3-4-7-22(18)30-26(19)28/h3-4,6-8,11,14-15,20,29H,2,5,9-10,12-13,16H2,1H3,(H,31,34). The fourth-order valence-corrected chi connectivity index (χ4v) is 8.00. The molecule has 0 radical (unpaired) electrons. The summed E-state index contributed by atoms with van der Waals surface area (Å²) in [6.07, 6.45) is 2.15. The van der Waals surface area contributed by atoms with Crippen molar-refractivity contribution in [3.8, 4) is 0 Å². The molecule has 210 valence electrons. The van der Waals surface area contributed by atoms with E-state index >= 15 is 0 Å². The smallest absolute Gasteiger partial charge is 0.301 e. The van der Waals surface area contributed by atoms with Crippen molar-refractivity contribution in [2.45, 2.75) is 44.4 Å². The number of nitrogens with zero attached hydrogens (tertiary/aromatic N) is 3. The maximum atomic E-state index is 13.9. The van der Waals surface area contributed by atoms with Gasteiger partial charge in [-0.05, 0) is 55.5 Å². The Morgan fingerprint density at radius 1 is 1.18 bits per heavy atom. The summed E-state index contributed by atoms with van der Waals surface area (Å²) in [5.41, 5.74) is 2.90. The highest BCUT2D eigenvalue weighted by Crippen LogP contribution is 2.39. The van der Waals surface area contributed by atoms with Gasteiger partial charge in [0, 0.05) is 29.4 Å². The molecule has 2 aliphatic rings. The van der Waals surface area contributed by atoms with Crippen LogP contribution < -0.4 is 13.7 Å². The van der Waals surface area contributed by atoms with E-state index in [1.165, 1.54) is 4.31 Å². The number of halogens is 1. The molecule has 2 fully saturated rings. The summed E-state index contributed by atoms with van der Waals surface area (Å²) < 4.78 is 59.8. The first-order chi connectivity index (χ1) is 19.1. The van der Waals surface area contributed by atoms with Crippen molar-refractivity contribution in [2.75, 3.05) is 17.4 Å². The van der Waals surface area contributed by atoms with Crippen LogP contribution in [0.2, 0.25) is 5.15 Å². The Hall–Kier alpha value is -3.19. The lowest BCUT2D eigenvalue weighted by molar-refractivity contribution is 0.0974. The van der Waals surface area contributed by atoms with Gasteiger partial charge in [-0.1, -0.05) is 42.8 Å². The number of benzene rings is 2. The monoisotopic (exact) mass is 601 g/mol. The molecule has 0 unspecified atom stereocenters. The van der Waals surface area contributed by atoms with Gasteiger partial charge in [0.1, 0.15) is 10.8 Å². The van der Waals surface area contributed by atoms with E-state index in [9.17, 15) is 21.6 Å². The van der Waals surface area contributed by atoms with Crippen molar-refractivity contribution in [2.24, 2.45) is 0 Å². The fourth-order valence-electron chi connectivity index (χ4n) is 5.16. The van der Waals surface area contributed by atoms with Crippen molar-refractivity contribution in [1.29, 1.82) is 0 Å². The van der Waals surface area contributed by atoms with Gasteiger partial charge in [0.05, 0.1) is 28.5 Å². The Labute approximate surface area is 237 Å². The van der Waals surface area contributed by atoms with Gasteiger partial charge >= 0.3 is 10.2 Å². The molecule has 0 spiro atoms. The van der Waals surface area contributed by atoms with E-state index in [0.717, 1.165) is 10.9 Å². The molecule has 1 aliphatic heterocycles. The number of aromatic nitrogens is 2. The van der Waals surface area contributed by atoms with Crippen LogP contribution in [0.15, 0.2) is 48.5 Å². The highest BCUT2D eigenvalue weighted by molar-refractivity contribution is 7.91. The molecule has 4 aromatic rings. The average molecular weight is 602 g/mol. The van der Waals surface area contributed by atoms with Gasteiger partial charge in [-0.2, -0.15) is 13.1 Å². The summed E-state index contributed by atoms with van der Waals surface area (Å²) in [6.45, 7) is 2.45. The molecule has 6 rings (SSSR count). The van der Waals surface area contributed by atoms with Crippen LogP contribution in [-0.4, -0.2) is 50.6 Å². The van der Waals surface area contributed by atoms with Crippen molar-refractivity contribution in [3.63, 3.8) is 0 Å². The number of aryl methyl sites for hydroxylation is 1. The third kappa shape index (κ3) is 4.83. The van der Waals surface area contributed by atoms with Gasteiger partial charge in [0.2, 0.25) is 10.0 Å². The van der Waals surface area contributed by atoms with Crippen LogP contribution in [0.25, 0.3) is 21.8 Å². The molecular formula is C27H28ClN5O5S2. The van der Waals surface area contributed by atoms with Crippen molar-refractivity contribution < 1.29 is 21.6 Å². The van der Waals surface area contributed by atoms with Gasteiger partial charge in [-0.3, -0.25) is 9.10 Å². The van der Waals surface area contributed by atoms with E-state index in [-0.39, 0.29) is 36.2 Å². The number of rotatable bonds is 7. The van der Waals surface area contributed by atoms with E-state index in [1.807, 2.05) is 55.5 Å². The largest absolute Gasteiger partial charge is 0.330 e. The summed E-state index contributed by atoms with van der Waals surface area (Å²) in [5.74, 6) is -0.887. The van der Waals surface area contributed by atoms with Gasteiger partial charge in [-0.25, -0.2) is 18.1 Å². The molecule has 1 amide bonds. The van der Waals surface area contributed by atoms with Gasteiger partial charge in [0.15, 0.2) is 0 Å². The maximum absolute atomic E-state index is 13.9. The van der Waals surface area contributed by atoms with Crippen LogP contribution in [0.4, 0.5) is 5.69 Å². The summed E-state index contributed by atoms with van der Waals surface area (Å²) >= 11 is 6.60. The molecule has 10 nitrogen and oxygen atoms in total. The minimum absolute atomic E-state index is 0.0617. The molecule has 0 bridgehead atoms. The highest BCUT2D eigenvalue weighted by Gasteiger charge is 2.40. The first kappa shape index (κ1) is 27.0. The predicted octanol–water partition coefficient (Wildman–Crippen LogP) is 3.72. The second kappa shape index (κ2) is 10.0. The number of anilines is 1. The third-order valence-electron chi connectivity index (χ3n) is 7.36. The van der Waals surface area contributed by atoms with Crippen LogP contribution in [0.1, 0.15) is 47.8 Å². The number of para-hydroxylation sites is 1. The number of hydrogen-bond donors (Lipinski definition) is 2. The van der Waals surface area contributed by atoms with Crippen LogP contribution in [0, 0.1) is 0 Å². The molecule has 1 saturated carbocycles. The number of sulfonamides is 1. The minimum atomic E-state index is -3.99. The fraction of sp³-hybridized carbons (Fsp3) is 0.333. The van der Waals surface area contributed by atoms with Crippen molar-refractivity contribution in [3.05, 3.63) is 70.5 Å². The molecule has 0 atom stereocenters. The number of carbonyl (C=O) groups excluding carboxylic acids is 1. The summed E-state index contributed by atoms with van der Waals surface area (Å²) in [6, 6.07) is 15.0. The number of nitrogens with one attached hydrogen (secondary N) is 2. The molecule has 1 saturated heterocycles. The van der Waals surface area contributed by atoms with Gasteiger partial charge < -0.3 is 4.57 Å².